The van der Waals surface area contributed by atoms with Crippen LogP contribution in [0, 0.1) is 11.8 Å². The van der Waals surface area contributed by atoms with Crippen molar-refractivity contribution in [3.05, 3.63) is 28.7 Å². The lowest BCUT2D eigenvalue weighted by Crippen LogP contribution is -2.38. The largest absolute Gasteiger partial charge is 0.325 e. The second-order valence-electron chi connectivity index (χ2n) is 5.65. The van der Waals surface area contributed by atoms with E-state index in [2.05, 4.69) is 40.4 Å². The molecule has 3 unspecified atom stereocenters. The Hall–Kier alpha value is -0.870. The minimum Gasteiger partial charge on any atom is -0.325 e. The smallest absolute Gasteiger partial charge is 0.238 e. The van der Waals surface area contributed by atoms with Crippen LogP contribution in [0.25, 0.3) is 0 Å². The molecule has 3 nitrogen and oxygen atoms in total. The van der Waals surface area contributed by atoms with E-state index in [1.54, 1.807) is 0 Å². The molecule has 0 saturated heterocycles. The summed E-state index contributed by atoms with van der Waals surface area (Å²) in [7, 11) is 0. The average Bonchev–Trinajstić information content (AvgIpc) is 2.79. The molecule has 1 aliphatic rings. The molecule has 0 spiro atoms. The molecule has 0 radical (unpaired) electrons. The van der Waals surface area contributed by atoms with Crippen LogP contribution in [0.5, 0.6) is 0 Å². The molecule has 0 heterocycles. The summed E-state index contributed by atoms with van der Waals surface area (Å²) in [6.45, 7) is 4.94. The van der Waals surface area contributed by atoms with E-state index >= 15 is 0 Å². The topological polar surface area (TPSA) is 41.1 Å². The number of hydrogen-bond donors (Lipinski definition) is 2. The zero-order valence-corrected chi connectivity index (χ0v) is 13.7. The van der Waals surface area contributed by atoms with Gasteiger partial charge in [-0.3, -0.25) is 4.79 Å². The molecule has 1 amide bonds. The molecule has 1 saturated carbocycles. The summed E-state index contributed by atoms with van der Waals surface area (Å²) in [4.78, 5) is 11.9. The fourth-order valence-electron chi connectivity index (χ4n) is 3.07. The quantitative estimate of drug-likeness (QED) is 0.857. The van der Waals surface area contributed by atoms with E-state index in [0.29, 0.717) is 18.5 Å². The normalized spacial score (nSPS) is 25.6. The number of amides is 1. The van der Waals surface area contributed by atoms with Crippen LogP contribution in [0.2, 0.25) is 0 Å². The van der Waals surface area contributed by atoms with E-state index in [4.69, 9.17) is 0 Å². The van der Waals surface area contributed by atoms with Gasteiger partial charge in [-0.15, -0.1) is 0 Å². The van der Waals surface area contributed by atoms with Crippen LogP contribution in [-0.4, -0.2) is 18.5 Å². The first-order valence-corrected chi connectivity index (χ1v) is 8.18. The van der Waals surface area contributed by atoms with Crippen molar-refractivity contribution in [1.29, 1.82) is 0 Å². The van der Waals surface area contributed by atoms with Crippen LogP contribution in [0.1, 0.15) is 33.1 Å². The zero-order valence-electron chi connectivity index (χ0n) is 12.2. The SMILES string of the molecule is CCC1CCC(NCC(=O)Nc2ccc(Br)cc2)C1C. The number of rotatable bonds is 5. The maximum absolute atomic E-state index is 11.9. The lowest BCUT2D eigenvalue weighted by Gasteiger charge is -2.20. The summed E-state index contributed by atoms with van der Waals surface area (Å²) in [5.41, 5.74) is 0.839. The minimum atomic E-state index is 0.0273. The number of nitrogens with one attached hydrogen (secondary N) is 2. The third-order valence-corrected chi connectivity index (χ3v) is 4.93. The maximum atomic E-state index is 11.9. The number of hydrogen-bond acceptors (Lipinski definition) is 2. The number of benzene rings is 1. The number of carbonyl (C=O) groups excluding carboxylic acids is 1. The molecule has 2 rings (SSSR count). The Bertz CT molecular complexity index is 446. The second kappa shape index (κ2) is 7.23. The summed E-state index contributed by atoms with van der Waals surface area (Å²) in [5.74, 6) is 1.50. The lowest BCUT2D eigenvalue weighted by atomic mass is 9.93. The Kier molecular flexibility index (Phi) is 5.61. The van der Waals surface area contributed by atoms with Gasteiger partial charge in [-0.2, -0.15) is 0 Å². The molecule has 1 aromatic rings. The maximum Gasteiger partial charge on any atom is 0.238 e. The number of halogens is 1. The summed E-state index contributed by atoms with van der Waals surface area (Å²) in [6, 6.07) is 8.12. The van der Waals surface area contributed by atoms with E-state index in [9.17, 15) is 4.79 Å². The highest BCUT2D eigenvalue weighted by Crippen LogP contribution is 2.33. The van der Waals surface area contributed by atoms with Crippen LogP contribution in [0.3, 0.4) is 0 Å². The molecule has 0 aromatic heterocycles. The van der Waals surface area contributed by atoms with Crippen molar-refractivity contribution in [3.8, 4) is 0 Å². The molecule has 1 aromatic carbocycles. The first kappa shape index (κ1) is 15.5. The van der Waals surface area contributed by atoms with Crippen molar-refractivity contribution in [2.75, 3.05) is 11.9 Å². The lowest BCUT2D eigenvalue weighted by molar-refractivity contribution is -0.115. The van der Waals surface area contributed by atoms with Gasteiger partial charge < -0.3 is 10.6 Å². The van der Waals surface area contributed by atoms with Gasteiger partial charge >= 0.3 is 0 Å². The first-order valence-electron chi connectivity index (χ1n) is 7.39. The van der Waals surface area contributed by atoms with E-state index in [0.717, 1.165) is 16.1 Å². The Morgan fingerprint density at radius 1 is 1.30 bits per heavy atom. The van der Waals surface area contributed by atoms with E-state index in [1.165, 1.54) is 19.3 Å². The molecule has 4 heteroatoms. The molecule has 1 aliphatic carbocycles. The van der Waals surface area contributed by atoms with Gasteiger partial charge in [-0.1, -0.05) is 36.2 Å². The van der Waals surface area contributed by atoms with Crippen molar-refractivity contribution < 1.29 is 4.79 Å². The fraction of sp³-hybridized carbons (Fsp3) is 0.562. The second-order valence-corrected chi connectivity index (χ2v) is 6.56. The van der Waals surface area contributed by atoms with Crippen LogP contribution >= 0.6 is 15.9 Å². The Balaban J connectivity index is 1.77. The first-order chi connectivity index (χ1) is 9.60. The van der Waals surface area contributed by atoms with E-state index in [-0.39, 0.29) is 5.91 Å². The van der Waals surface area contributed by atoms with Gasteiger partial charge in [0.2, 0.25) is 5.91 Å². The molecular weight excluding hydrogens is 316 g/mol. The zero-order chi connectivity index (χ0) is 14.5. The van der Waals surface area contributed by atoms with Crippen LogP contribution in [0.4, 0.5) is 5.69 Å². The van der Waals surface area contributed by atoms with E-state index < -0.39 is 0 Å². The highest BCUT2D eigenvalue weighted by Gasteiger charge is 2.31. The molecule has 3 atom stereocenters. The summed E-state index contributed by atoms with van der Waals surface area (Å²) < 4.78 is 1.01. The summed E-state index contributed by atoms with van der Waals surface area (Å²) in [5, 5.41) is 6.32. The average molecular weight is 339 g/mol. The van der Waals surface area contributed by atoms with Crippen LogP contribution in [0.15, 0.2) is 28.7 Å². The molecule has 0 bridgehead atoms. The van der Waals surface area contributed by atoms with Gasteiger partial charge in [0.05, 0.1) is 6.54 Å². The van der Waals surface area contributed by atoms with Crippen molar-refractivity contribution in [2.45, 2.75) is 39.2 Å². The molecule has 110 valence electrons. The fourth-order valence-corrected chi connectivity index (χ4v) is 3.34. The van der Waals surface area contributed by atoms with Crippen LogP contribution < -0.4 is 10.6 Å². The highest BCUT2D eigenvalue weighted by atomic mass is 79.9. The molecular formula is C16H23BrN2O. The molecule has 0 aliphatic heterocycles. The predicted molar refractivity (Wildman–Crippen MR) is 86.7 cm³/mol. The summed E-state index contributed by atoms with van der Waals surface area (Å²) in [6.07, 6.45) is 3.71. The van der Waals surface area contributed by atoms with Gasteiger partial charge in [0.25, 0.3) is 0 Å². The van der Waals surface area contributed by atoms with Gasteiger partial charge in [0, 0.05) is 16.2 Å². The van der Waals surface area contributed by atoms with E-state index in [1.807, 2.05) is 24.3 Å². The van der Waals surface area contributed by atoms with Crippen LogP contribution in [-0.2, 0) is 4.79 Å². The Morgan fingerprint density at radius 2 is 2.00 bits per heavy atom. The van der Waals surface area contributed by atoms with Crippen molar-refractivity contribution >= 4 is 27.5 Å². The summed E-state index contributed by atoms with van der Waals surface area (Å²) >= 11 is 3.38. The number of anilines is 1. The Labute approximate surface area is 129 Å². The van der Waals surface area contributed by atoms with Gasteiger partial charge in [-0.25, -0.2) is 0 Å². The standard InChI is InChI=1S/C16H23BrN2O/c1-3-12-4-9-15(11(12)2)18-10-16(20)19-14-7-5-13(17)6-8-14/h5-8,11-12,15,18H,3-4,9-10H2,1-2H3,(H,19,20). The molecule has 20 heavy (non-hydrogen) atoms. The third-order valence-electron chi connectivity index (χ3n) is 4.40. The van der Waals surface area contributed by atoms with Gasteiger partial charge in [0.1, 0.15) is 0 Å². The predicted octanol–water partition coefficient (Wildman–Crippen LogP) is 3.80. The molecule has 1 fully saturated rings. The van der Waals surface area contributed by atoms with Gasteiger partial charge in [0.15, 0.2) is 0 Å². The highest BCUT2D eigenvalue weighted by molar-refractivity contribution is 9.10. The van der Waals surface area contributed by atoms with Crippen molar-refractivity contribution in [1.82, 2.24) is 5.32 Å². The van der Waals surface area contributed by atoms with Crippen molar-refractivity contribution in [2.24, 2.45) is 11.8 Å². The third kappa shape index (κ3) is 4.06. The van der Waals surface area contributed by atoms with Gasteiger partial charge in [-0.05, 0) is 48.9 Å². The Morgan fingerprint density at radius 3 is 2.60 bits per heavy atom. The minimum absolute atomic E-state index is 0.0273. The molecule has 2 N–H and O–H groups in total. The monoisotopic (exact) mass is 338 g/mol. The number of carbonyl (C=O) groups is 1. The van der Waals surface area contributed by atoms with Crippen molar-refractivity contribution in [3.63, 3.8) is 0 Å².